The first-order chi connectivity index (χ1) is 13.5. The van der Waals surface area contributed by atoms with Gasteiger partial charge >= 0.3 is 0 Å². The SMILES string of the molecule is CCN(CC)c1ccc(NC(=O)CNC(=O)COc2ccc(OC)cc2)cc1. The smallest absolute Gasteiger partial charge is 0.258 e. The highest BCUT2D eigenvalue weighted by atomic mass is 16.5. The van der Waals surface area contributed by atoms with E-state index in [9.17, 15) is 9.59 Å². The van der Waals surface area contributed by atoms with Crippen molar-refractivity contribution in [3.63, 3.8) is 0 Å². The minimum atomic E-state index is -0.372. The molecule has 0 radical (unpaired) electrons. The second-order valence-electron chi connectivity index (χ2n) is 6.01. The molecule has 0 saturated heterocycles. The van der Waals surface area contributed by atoms with E-state index in [0.717, 1.165) is 18.8 Å². The molecule has 2 aromatic rings. The van der Waals surface area contributed by atoms with Gasteiger partial charge in [-0.15, -0.1) is 0 Å². The van der Waals surface area contributed by atoms with E-state index in [4.69, 9.17) is 9.47 Å². The lowest BCUT2D eigenvalue weighted by molar-refractivity contribution is -0.125. The molecule has 0 aliphatic heterocycles. The summed E-state index contributed by atoms with van der Waals surface area (Å²) >= 11 is 0. The first-order valence-electron chi connectivity index (χ1n) is 9.24. The summed E-state index contributed by atoms with van der Waals surface area (Å²) in [5.41, 5.74) is 1.79. The van der Waals surface area contributed by atoms with Gasteiger partial charge in [0.05, 0.1) is 13.7 Å². The zero-order valence-corrected chi connectivity index (χ0v) is 16.5. The average molecular weight is 385 g/mol. The van der Waals surface area contributed by atoms with Crippen LogP contribution < -0.4 is 25.0 Å². The largest absolute Gasteiger partial charge is 0.497 e. The molecule has 0 aliphatic carbocycles. The van der Waals surface area contributed by atoms with E-state index in [2.05, 4.69) is 29.4 Å². The maximum Gasteiger partial charge on any atom is 0.258 e. The molecular weight excluding hydrogens is 358 g/mol. The van der Waals surface area contributed by atoms with Gasteiger partial charge in [0.25, 0.3) is 5.91 Å². The average Bonchev–Trinajstić information content (AvgIpc) is 2.73. The maximum atomic E-state index is 12.0. The van der Waals surface area contributed by atoms with Crippen LogP contribution in [0.2, 0.25) is 0 Å². The minimum absolute atomic E-state index is 0.122. The zero-order chi connectivity index (χ0) is 20.4. The maximum absolute atomic E-state index is 12.0. The Balaban J connectivity index is 1.73. The third-order valence-electron chi connectivity index (χ3n) is 4.16. The van der Waals surface area contributed by atoms with Gasteiger partial charge in [-0.2, -0.15) is 0 Å². The van der Waals surface area contributed by atoms with Crippen molar-refractivity contribution >= 4 is 23.2 Å². The Hall–Kier alpha value is -3.22. The van der Waals surface area contributed by atoms with E-state index in [1.165, 1.54) is 0 Å². The van der Waals surface area contributed by atoms with Crippen LogP contribution >= 0.6 is 0 Å². The van der Waals surface area contributed by atoms with Crippen LogP contribution in [0, 0.1) is 0 Å². The number of methoxy groups -OCH3 is 1. The van der Waals surface area contributed by atoms with Crippen molar-refractivity contribution < 1.29 is 19.1 Å². The monoisotopic (exact) mass is 385 g/mol. The van der Waals surface area contributed by atoms with Gasteiger partial charge in [0.2, 0.25) is 5.91 Å². The van der Waals surface area contributed by atoms with Crippen LogP contribution in [0.1, 0.15) is 13.8 Å². The second kappa shape index (κ2) is 10.8. The molecule has 0 fully saturated rings. The molecule has 0 bridgehead atoms. The van der Waals surface area contributed by atoms with E-state index >= 15 is 0 Å². The summed E-state index contributed by atoms with van der Waals surface area (Å²) < 4.78 is 10.4. The molecule has 0 aromatic heterocycles. The van der Waals surface area contributed by atoms with Crippen LogP contribution in [0.15, 0.2) is 48.5 Å². The van der Waals surface area contributed by atoms with Crippen molar-refractivity contribution in [3.05, 3.63) is 48.5 Å². The third-order valence-corrected chi connectivity index (χ3v) is 4.16. The summed E-state index contributed by atoms with van der Waals surface area (Å²) in [6.45, 7) is 5.75. The van der Waals surface area contributed by atoms with Crippen molar-refractivity contribution in [2.45, 2.75) is 13.8 Å². The third kappa shape index (κ3) is 6.50. The molecule has 28 heavy (non-hydrogen) atoms. The number of hydrogen-bond acceptors (Lipinski definition) is 5. The molecule has 0 unspecified atom stereocenters. The van der Waals surface area contributed by atoms with Crippen molar-refractivity contribution in [3.8, 4) is 11.5 Å². The first kappa shape index (κ1) is 21.1. The van der Waals surface area contributed by atoms with Crippen molar-refractivity contribution in [1.82, 2.24) is 5.32 Å². The summed E-state index contributed by atoms with van der Waals surface area (Å²) in [6, 6.07) is 14.5. The summed E-state index contributed by atoms with van der Waals surface area (Å²) in [6.07, 6.45) is 0. The molecule has 2 N–H and O–H groups in total. The Morgan fingerprint density at radius 2 is 1.50 bits per heavy atom. The van der Waals surface area contributed by atoms with Gasteiger partial charge in [-0.05, 0) is 62.4 Å². The molecule has 2 amide bonds. The second-order valence-corrected chi connectivity index (χ2v) is 6.01. The number of carbonyl (C=O) groups is 2. The van der Waals surface area contributed by atoms with Gasteiger partial charge in [0, 0.05) is 24.5 Å². The zero-order valence-electron chi connectivity index (χ0n) is 16.5. The van der Waals surface area contributed by atoms with Crippen LogP contribution in [-0.2, 0) is 9.59 Å². The fourth-order valence-corrected chi connectivity index (χ4v) is 2.60. The summed E-state index contributed by atoms with van der Waals surface area (Å²) in [5.74, 6) is 0.587. The highest BCUT2D eigenvalue weighted by Crippen LogP contribution is 2.18. The first-order valence-corrected chi connectivity index (χ1v) is 9.24. The van der Waals surface area contributed by atoms with Crippen LogP contribution in [0.25, 0.3) is 0 Å². The summed E-state index contributed by atoms with van der Waals surface area (Å²) in [4.78, 5) is 26.1. The van der Waals surface area contributed by atoms with E-state index in [0.29, 0.717) is 17.2 Å². The van der Waals surface area contributed by atoms with E-state index in [-0.39, 0.29) is 25.0 Å². The highest BCUT2D eigenvalue weighted by Gasteiger charge is 2.08. The molecule has 150 valence electrons. The Morgan fingerprint density at radius 1 is 0.893 bits per heavy atom. The normalized spacial score (nSPS) is 10.1. The number of benzene rings is 2. The molecule has 0 saturated carbocycles. The fourth-order valence-electron chi connectivity index (χ4n) is 2.60. The molecule has 0 aliphatic rings. The number of carbonyl (C=O) groups excluding carboxylic acids is 2. The Morgan fingerprint density at radius 3 is 2.07 bits per heavy atom. The van der Waals surface area contributed by atoms with Crippen molar-refractivity contribution in [2.24, 2.45) is 0 Å². The van der Waals surface area contributed by atoms with Crippen LogP contribution in [0.5, 0.6) is 11.5 Å². The number of ether oxygens (including phenoxy) is 2. The van der Waals surface area contributed by atoms with Crippen molar-refractivity contribution in [2.75, 3.05) is 43.6 Å². The van der Waals surface area contributed by atoms with Crippen LogP contribution in [0.3, 0.4) is 0 Å². The summed E-state index contributed by atoms with van der Waals surface area (Å²) in [5, 5.41) is 5.29. The molecule has 2 aromatic carbocycles. The lowest BCUT2D eigenvalue weighted by Crippen LogP contribution is -2.35. The lowest BCUT2D eigenvalue weighted by Gasteiger charge is -2.21. The molecule has 7 heteroatoms. The van der Waals surface area contributed by atoms with Gasteiger partial charge in [-0.25, -0.2) is 0 Å². The van der Waals surface area contributed by atoms with Gasteiger partial charge in [0.15, 0.2) is 6.61 Å². The van der Waals surface area contributed by atoms with Gasteiger partial charge in [-0.3, -0.25) is 9.59 Å². The van der Waals surface area contributed by atoms with Gasteiger partial charge in [0.1, 0.15) is 11.5 Å². The molecule has 0 heterocycles. The van der Waals surface area contributed by atoms with Crippen LogP contribution in [-0.4, -0.2) is 45.2 Å². The van der Waals surface area contributed by atoms with E-state index in [1.807, 2.05) is 24.3 Å². The Labute approximate surface area is 165 Å². The molecular formula is C21H27N3O4. The topological polar surface area (TPSA) is 79.9 Å². The molecule has 7 nitrogen and oxygen atoms in total. The standard InChI is InChI=1S/C21H27N3O4/c1-4-24(5-2)17-8-6-16(7-9-17)23-20(25)14-22-21(26)15-28-19-12-10-18(27-3)11-13-19/h6-13H,4-5,14-15H2,1-3H3,(H,22,26)(H,23,25). The number of hydrogen-bond donors (Lipinski definition) is 2. The van der Waals surface area contributed by atoms with Gasteiger partial charge < -0.3 is 25.0 Å². The molecule has 2 rings (SSSR count). The minimum Gasteiger partial charge on any atom is -0.497 e. The fraction of sp³-hybridized carbons (Fsp3) is 0.333. The predicted octanol–water partition coefficient (Wildman–Crippen LogP) is 2.68. The molecule has 0 atom stereocenters. The van der Waals surface area contributed by atoms with E-state index < -0.39 is 0 Å². The van der Waals surface area contributed by atoms with Crippen LogP contribution in [0.4, 0.5) is 11.4 Å². The Bertz CT molecular complexity index is 756. The predicted molar refractivity (Wildman–Crippen MR) is 110 cm³/mol. The summed E-state index contributed by atoms with van der Waals surface area (Å²) in [7, 11) is 1.58. The van der Waals surface area contributed by atoms with Gasteiger partial charge in [-0.1, -0.05) is 0 Å². The molecule has 0 spiro atoms. The number of rotatable bonds is 10. The number of amides is 2. The number of nitrogens with zero attached hydrogens (tertiary/aromatic N) is 1. The quantitative estimate of drug-likeness (QED) is 0.657. The number of nitrogens with one attached hydrogen (secondary N) is 2. The number of anilines is 2. The highest BCUT2D eigenvalue weighted by molar-refractivity contribution is 5.94. The lowest BCUT2D eigenvalue weighted by atomic mass is 10.2. The van der Waals surface area contributed by atoms with Crippen molar-refractivity contribution in [1.29, 1.82) is 0 Å². The van der Waals surface area contributed by atoms with E-state index in [1.54, 1.807) is 31.4 Å². The Kier molecular flexibility index (Phi) is 8.14.